The molecule has 1 aromatic rings. The van der Waals surface area contributed by atoms with Crippen LogP contribution in [0.1, 0.15) is 18.4 Å². The molecule has 2 aliphatic rings. The van der Waals surface area contributed by atoms with Crippen molar-refractivity contribution >= 4 is 5.91 Å². The number of aliphatic hydroxyl groups is 1. The molecule has 114 valence electrons. The largest absolute Gasteiger partial charge is 0.393 e. The fourth-order valence-corrected chi connectivity index (χ4v) is 3.71. The van der Waals surface area contributed by atoms with Gasteiger partial charge in [-0.15, -0.1) is 0 Å². The van der Waals surface area contributed by atoms with Crippen molar-refractivity contribution in [3.8, 4) is 0 Å². The number of rotatable bonds is 5. The van der Waals surface area contributed by atoms with Gasteiger partial charge in [-0.2, -0.15) is 0 Å². The van der Waals surface area contributed by atoms with Crippen molar-refractivity contribution in [2.24, 2.45) is 11.8 Å². The number of amides is 1. The van der Waals surface area contributed by atoms with E-state index in [1.54, 1.807) is 0 Å². The second-order valence-corrected chi connectivity index (χ2v) is 6.35. The van der Waals surface area contributed by atoms with Gasteiger partial charge < -0.3 is 10.4 Å². The molecule has 2 fully saturated rings. The first-order valence-electron chi connectivity index (χ1n) is 7.93. The van der Waals surface area contributed by atoms with Gasteiger partial charge in [0, 0.05) is 25.6 Å². The molecule has 1 amide bonds. The molecule has 3 atom stereocenters. The minimum atomic E-state index is -0.152. The van der Waals surface area contributed by atoms with Gasteiger partial charge in [-0.1, -0.05) is 30.3 Å². The fraction of sp³-hybridized carbons (Fsp3) is 0.588. The molecular weight excluding hydrogens is 264 g/mol. The lowest BCUT2D eigenvalue weighted by Crippen LogP contribution is -2.37. The van der Waals surface area contributed by atoms with Crippen molar-refractivity contribution in [2.75, 3.05) is 26.2 Å². The molecule has 4 heteroatoms. The first-order chi connectivity index (χ1) is 10.2. The van der Waals surface area contributed by atoms with Gasteiger partial charge in [0.1, 0.15) is 0 Å². The summed E-state index contributed by atoms with van der Waals surface area (Å²) in [5.41, 5.74) is 1.25. The van der Waals surface area contributed by atoms with E-state index in [0.29, 0.717) is 24.9 Å². The van der Waals surface area contributed by atoms with Crippen LogP contribution in [0.3, 0.4) is 0 Å². The third kappa shape index (κ3) is 3.63. The summed E-state index contributed by atoms with van der Waals surface area (Å²) >= 11 is 0. The van der Waals surface area contributed by atoms with Crippen LogP contribution in [0.25, 0.3) is 0 Å². The number of carbonyl (C=O) groups is 1. The van der Waals surface area contributed by atoms with Gasteiger partial charge >= 0.3 is 0 Å². The smallest absolute Gasteiger partial charge is 0.234 e. The maximum atomic E-state index is 12.0. The van der Waals surface area contributed by atoms with E-state index in [9.17, 15) is 9.90 Å². The van der Waals surface area contributed by atoms with Crippen LogP contribution < -0.4 is 5.32 Å². The summed E-state index contributed by atoms with van der Waals surface area (Å²) in [7, 11) is 0. The first kappa shape index (κ1) is 14.5. The number of aliphatic hydroxyl groups excluding tert-OH is 1. The topological polar surface area (TPSA) is 52.6 Å². The minimum absolute atomic E-state index is 0.0976. The van der Waals surface area contributed by atoms with E-state index in [1.807, 2.05) is 18.2 Å². The highest BCUT2D eigenvalue weighted by molar-refractivity contribution is 5.78. The Morgan fingerprint density at radius 3 is 2.81 bits per heavy atom. The van der Waals surface area contributed by atoms with Gasteiger partial charge in [0.25, 0.3) is 0 Å². The Hall–Kier alpha value is -1.39. The van der Waals surface area contributed by atoms with Crippen molar-refractivity contribution in [3.63, 3.8) is 0 Å². The summed E-state index contributed by atoms with van der Waals surface area (Å²) in [4.78, 5) is 14.2. The molecule has 1 saturated carbocycles. The molecule has 3 rings (SSSR count). The summed E-state index contributed by atoms with van der Waals surface area (Å²) in [6.45, 7) is 2.99. The van der Waals surface area contributed by atoms with Crippen molar-refractivity contribution in [2.45, 2.75) is 25.4 Å². The lowest BCUT2D eigenvalue weighted by Gasteiger charge is -2.17. The zero-order chi connectivity index (χ0) is 14.7. The van der Waals surface area contributed by atoms with Crippen LogP contribution in [-0.2, 0) is 11.2 Å². The number of nitrogens with one attached hydrogen (secondary N) is 1. The molecule has 1 aromatic carbocycles. The van der Waals surface area contributed by atoms with Crippen LogP contribution >= 0.6 is 0 Å². The minimum Gasteiger partial charge on any atom is -0.393 e. The van der Waals surface area contributed by atoms with E-state index in [1.165, 1.54) is 5.56 Å². The number of nitrogens with zero attached hydrogens (tertiary/aromatic N) is 1. The average molecular weight is 288 g/mol. The van der Waals surface area contributed by atoms with Crippen molar-refractivity contribution in [1.29, 1.82) is 0 Å². The van der Waals surface area contributed by atoms with E-state index in [4.69, 9.17) is 0 Å². The average Bonchev–Trinajstić information content (AvgIpc) is 3.02. The van der Waals surface area contributed by atoms with E-state index in [0.717, 1.165) is 32.4 Å². The predicted molar refractivity (Wildman–Crippen MR) is 81.8 cm³/mol. The van der Waals surface area contributed by atoms with Crippen LogP contribution in [0, 0.1) is 11.8 Å². The first-order valence-corrected chi connectivity index (χ1v) is 7.93. The van der Waals surface area contributed by atoms with Crippen LogP contribution in [0.4, 0.5) is 0 Å². The number of likely N-dealkylation sites (tertiary alicyclic amines) is 1. The number of carbonyl (C=O) groups excluding carboxylic acids is 1. The Balaban J connectivity index is 1.37. The maximum absolute atomic E-state index is 12.0. The van der Waals surface area contributed by atoms with Crippen LogP contribution in [0.15, 0.2) is 30.3 Å². The molecule has 1 saturated heterocycles. The molecule has 0 aromatic heterocycles. The monoisotopic (exact) mass is 288 g/mol. The zero-order valence-electron chi connectivity index (χ0n) is 12.4. The van der Waals surface area contributed by atoms with Gasteiger partial charge in [-0.25, -0.2) is 0 Å². The van der Waals surface area contributed by atoms with Crippen LogP contribution in [-0.4, -0.2) is 48.2 Å². The normalized spacial score (nSPS) is 28.5. The Morgan fingerprint density at radius 2 is 2.05 bits per heavy atom. The summed E-state index contributed by atoms with van der Waals surface area (Å²) in [5.74, 6) is 1.08. The molecule has 2 N–H and O–H groups in total. The van der Waals surface area contributed by atoms with E-state index < -0.39 is 0 Å². The van der Waals surface area contributed by atoms with Crippen LogP contribution in [0.5, 0.6) is 0 Å². The Kier molecular flexibility index (Phi) is 4.56. The van der Waals surface area contributed by atoms with Crippen molar-refractivity contribution in [1.82, 2.24) is 10.2 Å². The third-order valence-electron chi connectivity index (χ3n) is 4.84. The molecule has 1 aliphatic carbocycles. The Labute approximate surface area is 126 Å². The molecule has 0 bridgehead atoms. The lowest BCUT2D eigenvalue weighted by atomic mass is 10.00. The molecule has 0 spiro atoms. The van der Waals surface area contributed by atoms with Crippen molar-refractivity contribution < 1.29 is 9.90 Å². The molecule has 3 unspecified atom stereocenters. The zero-order valence-corrected chi connectivity index (χ0v) is 12.4. The highest BCUT2D eigenvalue weighted by Crippen LogP contribution is 2.37. The molecule has 4 nitrogen and oxygen atoms in total. The molecular formula is C17H24N2O2. The molecule has 1 heterocycles. The number of fused-ring (bicyclic) bond motifs is 1. The van der Waals surface area contributed by atoms with E-state index in [-0.39, 0.29) is 12.0 Å². The van der Waals surface area contributed by atoms with Crippen molar-refractivity contribution in [3.05, 3.63) is 35.9 Å². The highest BCUT2D eigenvalue weighted by Gasteiger charge is 2.41. The number of hydrogen-bond acceptors (Lipinski definition) is 3. The number of benzene rings is 1. The fourth-order valence-electron chi connectivity index (χ4n) is 3.71. The van der Waals surface area contributed by atoms with Gasteiger partial charge in [0.05, 0.1) is 12.6 Å². The third-order valence-corrected chi connectivity index (χ3v) is 4.84. The molecule has 21 heavy (non-hydrogen) atoms. The second kappa shape index (κ2) is 6.58. The quantitative estimate of drug-likeness (QED) is 0.851. The summed E-state index contributed by atoms with van der Waals surface area (Å²) in [5, 5.41) is 12.9. The molecule has 1 aliphatic heterocycles. The Bertz CT molecular complexity index is 477. The van der Waals surface area contributed by atoms with Gasteiger partial charge in [0.2, 0.25) is 5.91 Å². The summed E-state index contributed by atoms with van der Waals surface area (Å²) in [6.07, 6.45) is 2.77. The van der Waals surface area contributed by atoms with Gasteiger partial charge in [-0.05, 0) is 30.7 Å². The van der Waals surface area contributed by atoms with Gasteiger partial charge in [0.15, 0.2) is 0 Å². The predicted octanol–water partition coefficient (Wildman–Crippen LogP) is 1.05. The maximum Gasteiger partial charge on any atom is 0.234 e. The molecule has 0 radical (unpaired) electrons. The SMILES string of the molecule is O=C(CN1CC2CCC(O)C2C1)NCCc1ccccc1. The Morgan fingerprint density at radius 1 is 1.24 bits per heavy atom. The highest BCUT2D eigenvalue weighted by atomic mass is 16.3. The van der Waals surface area contributed by atoms with Gasteiger partial charge in [-0.3, -0.25) is 9.69 Å². The second-order valence-electron chi connectivity index (χ2n) is 6.35. The summed E-state index contributed by atoms with van der Waals surface area (Å²) in [6, 6.07) is 10.2. The van der Waals surface area contributed by atoms with E-state index in [2.05, 4.69) is 22.3 Å². The standard InChI is InChI=1S/C17H24N2O2/c20-16-7-6-14-10-19(11-15(14)16)12-17(21)18-9-8-13-4-2-1-3-5-13/h1-5,14-16,20H,6-12H2,(H,18,21). The number of hydrogen-bond donors (Lipinski definition) is 2. The summed E-state index contributed by atoms with van der Waals surface area (Å²) < 4.78 is 0. The van der Waals surface area contributed by atoms with E-state index >= 15 is 0 Å². The van der Waals surface area contributed by atoms with Crippen LogP contribution in [0.2, 0.25) is 0 Å². The lowest BCUT2D eigenvalue weighted by molar-refractivity contribution is -0.122.